The van der Waals surface area contributed by atoms with Crippen molar-refractivity contribution >= 4 is 12.4 Å². The van der Waals surface area contributed by atoms with Crippen LogP contribution in [0.15, 0.2) is 24.3 Å². The number of alkyl halides is 2. The first-order valence-electron chi connectivity index (χ1n) is 5.66. The fraction of sp³-hybridized carbons (Fsp3) is 0.538. The molecule has 0 radical (unpaired) electrons. The summed E-state index contributed by atoms with van der Waals surface area (Å²) in [4.78, 5) is 0. The van der Waals surface area contributed by atoms with Gasteiger partial charge < -0.3 is 5.32 Å². The molecule has 96 valence electrons. The second-order valence-corrected chi connectivity index (χ2v) is 4.73. The molecule has 1 aromatic carbocycles. The number of hydrogen-bond donors (Lipinski definition) is 1. The van der Waals surface area contributed by atoms with Gasteiger partial charge in [0.1, 0.15) is 5.54 Å². The maximum Gasteiger partial charge on any atom is 0.269 e. The van der Waals surface area contributed by atoms with Gasteiger partial charge in [-0.25, -0.2) is 8.78 Å². The molecular weight excluding hydrogens is 244 g/mol. The van der Waals surface area contributed by atoms with E-state index >= 15 is 0 Å². The predicted octanol–water partition coefficient (Wildman–Crippen LogP) is 3.65. The number of halogens is 3. The minimum absolute atomic E-state index is 0. The van der Waals surface area contributed by atoms with Crippen molar-refractivity contribution in [1.29, 1.82) is 0 Å². The van der Waals surface area contributed by atoms with Crippen molar-refractivity contribution in [3.8, 4) is 0 Å². The van der Waals surface area contributed by atoms with Crippen LogP contribution in [0.4, 0.5) is 8.78 Å². The highest BCUT2D eigenvalue weighted by Crippen LogP contribution is 2.43. The van der Waals surface area contributed by atoms with Crippen LogP contribution in [0.2, 0.25) is 0 Å². The summed E-state index contributed by atoms with van der Waals surface area (Å²) in [5, 5.41) is 2.98. The number of nitrogens with one attached hydrogen (secondary N) is 1. The van der Waals surface area contributed by atoms with E-state index in [4.69, 9.17) is 0 Å². The molecule has 0 saturated carbocycles. The van der Waals surface area contributed by atoms with E-state index in [0.29, 0.717) is 18.5 Å². The molecule has 1 aliphatic rings. The number of rotatable bonds is 1. The first-order chi connectivity index (χ1) is 7.46. The van der Waals surface area contributed by atoms with Gasteiger partial charge in [0, 0.05) is 6.42 Å². The van der Waals surface area contributed by atoms with Crippen molar-refractivity contribution in [3.05, 3.63) is 35.4 Å². The highest BCUT2D eigenvalue weighted by molar-refractivity contribution is 5.85. The molecule has 1 N–H and O–H groups in total. The summed E-state index contributed by atoms with van der Waals surface area (Å²) in [7, 11) is 0. The van der Waals surface area contributed by atoms with Crippen LogP contribution in [0.25, 0.3) is 0 Å². The van der Waals surface area contributed by atoms with E-state index in [-0.39, 0.29) is 18.8 Å². The summed E-state index contributed by atoms with van der Waals surface area (Å²) >= 11 is 0. The second kappa shape index (κ2) is 4.91. The number of aryl methyl sites for hydroxylation is 1. The predicted molar refractivity (Wildman–Crippen MR) is 68.0 cm³/mol. The molecule has 4 heteroatoms. The fourth-order valence-corrected chi connectivity index (χ4v) is 2.30. The number of benzene rings is 1. The molecule has 1 aliphatic heterocycles. The van der Waals surface area contributed by atoms with Crippen LogP contribution in [0.5, 0.6) is 0 Å². The fourth-order valence-electron chi connectivity index (χ4n) is 2.30. The lowest BCUT2D eigenvalue weighted by Gasteiger charge is -2.42. The molecule has 1 atom stereocenters. The Kier molecular flexibility index (Phi) is 4.15. The smallest absolute Gasteiger partial charge is 0.269 e. The maximum absolute atomic E-state index is 14.0. The summed E-state index contributed by atoms with van der Waals surface area (Å²) in [5.41, 5.74) is 0.469. The largest absolute Gasteiger partial charge is 0.303 e. The van der Waals surface area contributed by atoms with Crippen LogP contribution < -0.4 is 5.32 Å². The van der Waals surface area contributed by atoms with Crippen LogP contribution in [-0.4, -0.2) is 12.5 Å². The van der Waals surface area contributed by atoms with Gasteiger partial charge in [0.25, 0.3) is 5.92 Å². The Hall–Kier alpha value is -0.670. The molecule has 17 heavy (non-hydrogen) atoms. The molecule has 1 heterocycles. The molecule has 2 rings (SSSR count). The van der Waals surface area contributed by atoms with Crippen molar-refractivity contribution in [2.75, 3.05) is 6.54 Å². The van der Waals surface area contributed by atoms with Crippen LogP contribution in [0.3, 0.4) is 0 Å². The SMILES string of the molecule is Cc1cccc(C2(C)NCCCC2(F)F)c1.Cl. The van der Waals surface area contributed by atoms with E-state index in [1.807, 2.05) is 25.1 Å². The zero-order valence-electron chi connectivity index (χ0n) is 10.1. The molecule has 1 saturated heterocycles. The molecule has 1 fully saturated rings. The van der Waals surface area contributed by atoms with Crippen molar-refractivity contribution < 1.29 is 8.78 Å². The van der Waals surface area contributed by atoms with Gasteiger partial charge in [-0.05, 0) is 32.4 Å². The molecule has 1 aromatic rings. The Morgan fingerprint density at radius 3 is 2.59 bits per heavy atom. The Morgan fingerprint density at radius 1 is 1.29 bits per heavy atom. The van der Waals surface area contributed by atoms with E-state index in [2.05, 4.69) is 5.32 Å². The summed E-state index contributed by atoms with van der Waals surface area (Å²) in [6.45, 7) is 4.18. The summed E-state index contributed by atoms with van der Waals surface area (Å²) in [6, 6.07) is 7.38. The van der Waals surface area contributed by atoms with Crippen LogP contribution in [-0.2, 0) is 5.54 Å². The number of piperidine rings is 1. The van der Waals surface area contributed by atoms with Gasteiger partial charge in [-0.15, -0.1) is 12.4 Å². The van der Waals surface area contributed by atoms with Crippen molar-refractivity contribution in [3.63, 3.8) is 0 Å². The van der Waals surface area contributed by atoms with Crippen LogP contribution in [0.1, 0.15) is 30.9 Å². The third-order valence-electron chi connectivity index (χ3n) is 3.47. The first-order valence-corrected chi connectivity index (χ1v) is 5.66. The molecular formula is C13H18ClF2N. The molecule has 0 bridgehead atoms. The van der Waals surface area contributed by atoms with E-state index in [0.717, 1.165) is 5.56 Å². The third kappa shape index (κ3) is 2.45. The van der Waals surface area contributed by atoms with Gasteiger partial charge in [0.15, 0.2) is 0 Å². The topological polar surface area (TPSA) is 12.0 Å². The molecule has 1 unspecified atom stereocenters. The zero-order chi connectivity index (χ0) is 11.8. The van der Waals surface area contributed by atoms with E-state index in [1.165, 1.54) is 0 Å². The highest BCUT2D eigenvalue weighted by atomic mass is 35.5. The second-order valence-electron chi connectivity index (χ2n) is 4.73. The van der Waals surface area contributed by atoms with Crippen LogP contribution >= 0.6 is 12.4 Å². The minimum Gasteiger partial charge on any atom is -0.303 e. The lowest BCUT2D eigenvalue weighted by atomic mass is 9.80. The normalized spacial score (nSPS) is 27.3. The zero-order valence-corrected chi connectivity index (χ0v) is 10.9. The van der Waals surface area contributed by atoms with Crippen LogP contribution in [0, 0.1) is 6.92 Å². The quantitative estimate of drug-likeness (QED) is 0.814. The minimum atomic E-state index is -2.68. The van der Waals surface area contributed by atoms with Gasteiger partial charge >= 0.3 is 0 Å². The highest BCUT2D eigenvalue weighted by Gasteiger charge is 2.52. The average Bonchev–Trinajstić information content (AvgIpc) is 2.22. The van der Waals surface area contributed by atoms with Gasteiger partial charge in [-0.1, -0.05) is 29.8 Å². The van der Waals surface area contributed by atoms with E-state index in [1.54, 1.807) is 13.0 Å². The molecule has 0 amide bonds. The number of hydrogen-bond acceptors (Lipinski definition) is 1. The lowest BCUT2D eigenvalue weighted by molar-refractivity contribution is -0.110. The Morgan fingerprint density at radius 2 is 2.00 bits per heavy atom. The Labute approximate surface area is 107 Å². The van der Waals surface area contributed by atoms with Gasteiger partial charge in [0.05, 0.1) is 0 Å². The van der Waals surface area contributed by atoms with Crippen molar-refractivity contribution in [1.82, 2.24) is 5.32 Å². The third-order valence-corrected chi connectivity index (χ3v) is 3.47. The van der Waals surface area contributed by atoms with Gasteiger partial charge in [-0.3, -0.25) is 0 Å². The summed E-state index contributed by atoms with van der Waals surface area (Å²) in [6.07, 6.45) is 0.499. The van der Waals surface area contributed by atoms with Crippen molar-refractivity contribution in [2.45, 2.75) is 38.2 Å². The Balaban J connectivity index is 0.00000144. The van der Waals surface area contributed by atoms with E-state index in [9.17, 15) is 8.78 Å². The molecule has 1 nitrogen and oxygen atoms in total. The molecule has 0 aliphatic carbocycles. The van der Waals surface area contributed by atoms with Gasteiger partial charge in [0.2, 0.25) is 0 Å². The first kappa shape index (κ1) is 14.4. The maximum atomic E-state index is 14.0. The summed E-state index contributed by atoms with van der Waals surface area (Å²) < 4.78 is 28.0. The molecule has 0 spiro atoms. The van der Waals surface area contributed by atoms with Crippen molar-refractivity contribution in [2.24, 2.45) is 0 Å². The monoisotopic (exact) mass is 261 g/mol. The van der Waals surface area contributed by atoms with E-state index < -0.39 is 11.5 Å². The standard InChI is InChI=1S/C13H17F2N.ClH/c1-10-5-3-6-11(9-10)12(2)13(14,15)7-4-8-16-12;/h3,5-6,9,16H,4,7-8H2,1-2H3;1H. The lowest BCUT2D eigenvalue weighted by Crippen LogP contribution is -2.57. The van der Waals surface area contributed by atoms with Gasteiger partial charge in [-0.2, -0.15) is 0 Å². The molecule has 0 aromatic heterocycles. The Bertz CT molecular complexity index is 395. The average molecular weight is 262 g/mol. The summed E-state index contributed by atoms with van der Waals surface area (Å²) in [5.74, 6) is -2.68.